The lowest BCUT2D eigenvalue weighted by molar-refractivity contribution is -0.127. The number of hydrogen-bond acceptors (Lipinski definition) is 3. The lowest BCUT2D eigenvalue weighted by atomic mass is 10.2. The van der Waals surface area contributed by atoms with Crippen molar-refractivity contribution in [2.75, 3.05) is 0 Å². The van der Waals surface area contributed by atoms with E-state index in [2.05, 4.69) is 10.5 Å². The third kappa shape index (κ3) is 4.86. The number of halogens is 2. The minimum absolute atomic E-state index is 0.368. The van der Waals surface area contributed by atoms with Gasteiger partial charge in [0.15, 0.2) is 6.10 Å². The smallest absolute Gasteiger partial charge is 0.280 e. The molecule has 1 atom stereocenters. The lowest BCUT2D eigenvalue weighted by Gasteiger charge is -2.12. The zero-order valence-corrected chi connectivity index (χ0v) is 12.5. The van der Waals surface area contributed by atoms with Gasteiger partial charge in [-0.3, -0.25) is 4.79 Å². The molecule has 2 aromatic rings. The van der Waals surface area contributed by atoms with Gasteiger partial charge >= 0.3 is 0 Å². The Morgan fingerprint density at radius 2 is 2.09 bits per heavy atom. The van der Waals surface area contributed by atoms with E-state index >= 15 is 0 Å². The summed E-state index contributed by atoms with van der Waals surface area (Å²) in [7, 11) is 0. The molecule has 6 heteroatoms. The molecule has 0 aliphatic heterocycles. The van der Waals surface area contributed by atoms with Crippen LogP contribution in [0.4, 0.5) is 4.39 Å². The summed E-state index contributed by atoms with van der Waals surface area (Å²) in [5.41, 5.74) is 2.88. The molecule has 0 saturated carbocycles. The molecule has 4 nitrogen and oxygen atoms in total. The fourth-order valence-electron chi connectivity index (χ4n) is 1.65. The van der Waals surface area contributed by atoms with E-state index in [0.29, 0.717) is 16.3 Å². The van der Waals surface area contributed by atoms with Gasteiger partial charge in [0.05, 0.1) is 6.21 Å². The van der Waals surface area contributed by atoms with Gasteiger partial charge in [0.25, 0.3) is 5.91 Å². The van der Waals surface area contributed by atoms with Crippen molar-refractivity contribution in [2.45, 2.75) is 13.0 Å². The second kappa shape index (κ2) is 7.56. The molecule has 0 aliphatic carbocycles. The molecule has 1 amide bonds. The van der Waals surface area contributed by atoms with E-state index in [0.717, 1.165) is 0 Å². The molecule has 0 unspecified atom stereocenters. The topological polar surface area (TPSA) is 50.7 Å². The highest BCUT2D eigenvalue weighted by Crippen LogP contribution is 2.18. The van der Waals surface area contributed by atoms with Crippen molar-refractivity contribution >= 4 is 23.7 Å². The van der Waals surface area contributed by atoms with Crippen molar-refractivity contribution in [2.24, 2.45) is 5.10 Å². The van der Waals surface area contributed by atoms with Crippen LogP contribution in [0.1, 0.15) is 12.5 Å². The van der Waals surface area contributed by atoms with E-state index in [1.165, 1.54) is 18.3 Å². The predicted octanol–water partition coefficient (Wildman–Crippen LogP) is 3.40. The molecule has 114 valence electrons. The number of benzene rings is 2. The minimum atomic E-state index is -0.747. The number of nitrogens with one attached hydrogen (secondary N) is 1. The SMILES string of the molecule is C[C@@H](Oc1cccc(Cl)c1)C(=O)N/N=C\c1cccc(F)c1. The zero-order valence-electron chi connectivity index (χ0n) is 11.8. The van der Waals surface area contributed by atoms with Crippen LogP contribution in [-0.4, -0.2) is 18.2 Å². The molecule has 0 aliphatic rings. The molecular formula is C16H14ClFN2O2. The average Bonchev–Trinajstić information content (AvgIpc) is 2.47. The molecule has 0 fully saturated rings. The summed E-state index contributed by atoms with van der Waals surface area (Å²) in [6.45, 7) is 1.59. The maximum absolute atomic E-state index is 13.0. The summed E-state index contributed by atoms with van der Waals surface area (Å²) in [4.78, 5) is 11.8. The molecule has 0 aromatic heterocycles. The second-order valence-corrected chi connectivity index (χ2v) is 4.94. The van der Waals surface area contributed by atoms with Gasteiger partial charge in [0, 0.05) is 5.02 Å². The van der Waals surface area contributed by atoms with Crippen molar-refractivity contribution in [3.63, 3.8) is 0 Å². The first-order valence-electron chi connectivity index (χ1n) is 6.55. The van der Waals surface area contributed by atoms with Crippen LogP contribution in [0.3, 0.4) is 0 Å². The summed E-state index contributed by atoms with van der Waals surface area (Å²) < 4.78 is 18.4. The number of amides is 1. The predicted molar refractivity (Wildman–Crippen MR) is 83.7 cm³/mol. The molecule has 0 radical (unpaired) electrons. The third-order valence-electron chi connectivity index (χ3n) is 2.72. The van der Waals surface area contributed by atoms with Crippen LogP contribution < -0.4 is 10.2 Å². The largest absolute Gasteiger partial charge is 0.481 e. The summed E-state index contributed by atoms with van der Waals surface area (Å²) in [6, 6.07) is 12.6. The molecule has 2 rings (SSSR count). The van der Waals surface area contributed by atoms with Crippen LogP contribution in [0.15, 0.2) is 53.6 Å². The van der Waals surface area contributed by atoms with E-state index < -0.39 is 12.0 Å². The monoisotopic (exact) mass is 320 g/mol. The van der Waals surface area contributed by atoms with Crippen LogP contribution in [-0.2, 0) is 4.79 Å². The van der Waals surface area contributed by atoms with Crippen molar-refractivity contribution in [1.29, 1.82) is 0 Å². The molecule has 0 bridgehead atoms. The molecule has 0 spiro atoms. The Morgan fingerprint density at radius 3 is 2.82 bits per heavy atom. The molecule has 0 heterocycles. The zero-order chi connectivity index (χ0) is 15.9. The van der Waals surface area contributed by atoms with Crippen molar-refractivity contribution in [1.82, 2.24) is 5.43 Å². The van der Waals surface area contributed by atoms with E-state index in [9.17, 15) is 9.18 Å². The third-order valence-corrected chi connectivity index (χ3v) is 2.95. The Morgan fingerprint density at radius 1 is 1.32 bits per heavy atom. The molecule has 22 heavy (non-hydrogen) atoms. The van der Waals surface area contributed by atoms with E-state index in [1.54, 1.807) is 43.3 Å². The van der Waals surface area contributed by atoms with Gasteiger partial charge in [-0.05, 0) is 42.8 Å². The number of hydrazone groups is 1. The highest BCUT2D eigenvalue weighted by Gasteiger charge is 2.13. The maximum Gasteiger partial charge on any atom is 0.280 e. The Labute approximate surface area is 132 Å². The van der Waals surface area contributed by atoms with Gasteiger partial charge in [0.2, 0.25) is 0 Å². The summed E-state index contributed by atoms with van der Waals surface area (Å²) in [5, 5.41) is 4.29. The maximum atomic E-state index is 13.0. The summed E-state index contributed by atoms with van der Waals surface area (Å²) in [5.74, 6) is -0.301. The fraction of sp³-hybridized carbons (Fsp3) is 0.125. The number of carbonyl (C=O) groups is 1. The first-order chi connectivity index (χ1) is 10.5. The highest BCUT2D eigenvalue weighted by atomic mass is 35.5. The van der Waals surface area contributed by atoms with Crippen molar-refractivity contribution in [3.8, 4) is 5.75 Å². The fourth-order valence-corrected chi connectivity index (χ4v) is 1.83. The molecule has 2 aromatic carbocycles. The van der Waals surface area contributed by atoms with Gasteiger partial charge in [-0.2, -0.15) is 5.10 Å². The van der Waals surface area contributed by atoms with Crippen LogP contribution in [0.2, 0.25) is 5.02 Å². The Kier molecular flexibility index (Phi) is 5.49. The van der Waals surface area contributed by atoms with Gasteiger partial charge in [-0.25, -0.2) is 9.82 Å². The number of hydrogen-bond donors (Lipinski definition) is 1. The number of ether oxygens (including phenoxy) is 1. The average molecular weight is 321 g/mol. The summed E-state index contributed by atoms with van der Waals surface area (Å²) in [6.07, 6.45) is 0.607. The number of rotatable bonds is 5. The van der Waals surface area contributed by atoms with E-state index in [-0.39, 0.29) is 5.82 Å². The van der Waals surface area contributed by atoms with E-state index in [1.807, 2.05) is 0 Å². The van der Waals surface area contributed by atoms with Gasteiger partial charge < -0.3 is 4.74 Å². The number of carbonyl (C=O) groups excluding carboxylic acids is 1. The van der Waals surface area contributed by atoms with Crippen LogP contribution >= 0.6 is 11.6 Å². The van der Waals surface area contributed by atoms with E-state index in [4.69, 9.17) is 16.3 Å². The highest BCUT2D eigenvalue weighted by molar-refractivity contribution is 6.30. The van der Waals surface area contributed by atoms with Gasteiger partial charge in [-0.1, -0.05) is 29.8 Å². The van der Waals surface area contributed by atoms with Crippen LogP contribution in [0, 0.1) is 5.82 Å². The normalized spacial score (nSPS) is 12.1. The first kappa shape index (κ1) is 16.0. The molecular weight excluding hydrogens is 307 g/mol. The first-order valence-corrected chi connectivity index (χ1v) is 6.93. The van der Waals surface area contributed by atoms with Crippen LogP contribution in [0.25, 0.3) is 0 Å². The minimum Gasteiger partial charge on any atom is -0.481 e. The Bertz CT molecular complexity index is 691. The number of nitrogens with zero attached hydrogens (tertiary/aromatic N) is 1. The Hall–Kier alpha value is -2.40. The van der Waals surface area contributed by atoms with Crippen LogP contribution in [0.5, 0.6) is 5.75 Å². The van der Waals surface area contributed by atoms with Crippen molar-refractivity contribution < 1.29 is 13.9 Å². The van der Waals surface area contributed by atoms with Gasteiger partial charge in [-0.15, -0.1) is 0 Å². The summed E-state index contributed by atoms with van der Waals surface area (Å²) >= 11 is 5.84. The molecule has 0 saturated heterocycles. The van der Waals surface area contributed by atoms with Crippen molar-refractivity contribution in [3.05, 3.63) is 64.9 Å². The second-order valence-electron chi connectivity index (χ2n) is 4.51. The Balaban J connectivity index is 1.89. The lowest BCUT2D eigenvalue weighted by Crippen LogP contribution is -2.33. The quantitative estimate of drug-likeness (QED) is 0.678. The standard InChI is InChI=1S/C16H14ClFN2O2/c1-11(22-15-7-3-5-13(17)9-15)16(21)20-19-10-12-4-2-6-14(18)8-12/h2-11H,1H3,(H,20,21)/b19-10-/t11-/m1/s1. The van der Waals surface area contributed by atoms with Gasteiger partial charge in [0.1, 0.15) is 11.6 Å². The molecule has 1 N–H and O–H groups in total.